The molecule has 4 nitrogen and oxygen atoms in total. The number of aryl methyl sites for hydroxylation is 1. The van der Waals surface area contributed by atoms with E-state index in [1.165, 1.54) is 0 Å². The lowest BCUT2D eigenvalue weighted by Gasteiger charge is -2.17. The standard InChI is InChI=1S/C15H23NO3/c1-3-4-12(7-8-17)10-16-13-5-6-14(15(18)19)11(2)9-13/h5-6,9,12,16-17H,3-4,7-8,10H2,1-2H3,(H,18,19). The normalized spacial score (nSPS) is 12.2. The van der Waals surface area contributed by atoms with Gasteiger partial charge in [0.15, 0.2) is 0 Å². The number of carbonyl (C=O) groups is 1. The van der Waals surface area contributed by atoms with Crippen molar-refractivity contribution in [3.05, 3.63) is 29.3 Å². The number of aliphatic hydroxyl groups excluding tert-OH is 1. The third-order valence-corrected chi connectivity index (χ3v) is 3.29. The van der Waals surface area contributed by atoms with Crippen LogP contribution in [0.2, 0.25) is 0 Å². The third-order valence-electron chi connectivity index (χ3n) is 3.29. The molecule has 1 atom stereocenters. The minimum Gasteiger partial charge on any atom is -0.478 e. The van der Waals surface area contributed by atoms with Crippen LogP contribution in [-0.2, 0) is 0 Å². The molecule has 0 saturated heterocycles. The minimum atomic E-state index is -0.895. The molecule has 0 radical (unpaired) electrons. The highest BCUT2D eigenvalue weighted by atomic mass is 16.4. The van der Waals surface area contributed by atoms with E-state index in [1.807, 2.05) is 6.07 Å². The quantitative estimate of drug-likeness (QED) is 0.676. The van der Waals surface area contributed by atoms with Gasteiger partial charge >= 0.3 is 5.97 Å². The first-order valence-electron chi connectivity index (χ1n) is 6.77. The topological polar surface area (TPSA) is 69.6 Å². The van der Waals surface area contributed by atoms with E-state index in [-0.39, 0.29) is 6.61 Å². The zero-order valence-corrected chi connectivity index (χ0v) is 11.6. The Hall–Kier alpha value is -1.55. The van der Waals surface area contributed by atoms with Gasteiger partial charge < -0.3 is 15.5 Å². The number of hydrogen-bond acceptors (Lipinski definition) is 3. The van der Waals surface area contributed by atoms with E-state index in [4.69, 9.17) is 10.2 Å². The van der Waals surface area contributed by atoms with Crippen LogP contribution in [0.4, 0.5) is 5.69 Å². The van der Waals surface area contributed by atoms with Crippen LogP contribution < -0.4 is 5.32 Å². The summed E-state index contributed by atoms with van der Waals surface area (Å²) in [5, 5.41) is 21.3. The number of anilines is 1. The Morgan fingerprint density at radius 1 is 1.37 bits per heavy atom. The second kappa shape index (κ2) is 7.79. The highest BCUT2D eigenvalue weighted by Crippen LogP contribution is 2.17. The summed E-state index contributed by atoms with van der Waals surface area (Å²) in [6, 6.07) is 5.27. The van der Waals surface area contributed by atoms with Gasteiger partial charge in [-0.2, -0.15) is 0 Å². The van der Waals surface area contributed by atoms with Gasteiger partial charge in [-0.3, -0.25) is 0 Å². The number of carboxylic acid groups (broad SMARTS) is 1. The molecular weight excluding hydrogens is 242 g/mol. The molecule has 0 fully saturated rings. The highest BCUT2D eigenvalue weighted by Gasteiger charge is 2.09. The maximum absolute atomic E-state index is 10.9. The number of hydrogen-bond donors (Lipinski definition) is 3. The summed E-state index contributed by atoms with van der Waals surface area (Å²) in [7, 11) is 0. The van der Waals surface area contributed by atoms with Crippen LogP contribution in [0.15, 0.2) is 18.2 Å². The summed E-state index contributed by atoms with van der Waals surface area (Å²) in [5.74, 6) is -0.442. The van der Waals surface area contributed by atoms with Gasteiger partial charge in [0, 0.05) is 18.8 Å². The maximum atomic E-state index is 10.9. The van der Waals surface area contributed by atoms with Gasteiger partial charge in [-0.05, 0) is 49.4 Å². The summed E-state index contributed by atoms with van der Waals surface area (Å²) in [6.45, 7) is 4.95. The lowest BCUT2D eigenvalue weighted by Crippen LogP contribution is -2.16. The number of benzene rings is 1. The molecule has 1 aromatic carbocycles. The van der Waals surface area contributed by atoms with Crippen LogP contribution >= 0.6 is 0 Å². The molecule has 0 saturated carbocycles. The molecule has 1 rings (SSSR count). The van der Waals surface area contributed by atoms with Crippen molar-refractivity contribution in [1.29, 1.82) is 0 Å². The van der Waals surface area contributed by atoms with Crippen molar-refractivity contribution in [2.24, 2.45) is 5.92 Å². The molecule has 0 aliphatic heterocycles. The van der Waals surface area contributed by atoms with E-state index < -0.39 is 5.97 Å². The average molecular weight is 265 g/mol. The first-order chi connectivity index (χ1) is 9.08. The van der Waals surface area contributed by atoms with Crippen molar-refractivity contribution in [1.82, 2.24) is 0 Å². The Labute approximate surface area is 114 Å². The van der Waals surface area contributed by atoms with E-state index >= 15 is 0 Å². The van der Waals surface area contributed by atoms with E-state index in [0.717, 1.165) is 37.1 Å². The van der Waals surface area contributed by atoms with Gasteiger partial charge in [-0.1, -0.05) is 13.3 Å². The fraction of sp³-hybridized carbons (Fsp3) is 0.533. The van der Waals surface area contributed by atoms with Crippen LogP contribution in [0.1, 0.15) is 42.1 Å². The molecule has 0 aliphatic carbocycles. The summed E-state index contributed by atoms with van der Waals surface area (Å²) in [4.78, 5) is 10.9. The number of carboxylic acids is 1. The molecule has 0 spiro atoms. The number of aliphatic hydroxyl groups is 1. The van der Waals surface area contributed by atoms with E-state index in [0.29, 0.717) is 11.5 Å². The van der Waals surface area contributed by atoms with Crippen molar-refractivity contribution in [2.45, 2.75) is 33.1 Å². The summed E-state index contributed by atoms with van der Waals surface area (Å²) < 4.78 is 0. The molecule has 106 valence electrons. The van der Waals surface area contributed by atoms with E-state index in [9.17, 15) is 4.79 Å². The predicted molar refractivity (Wildman–Crippen MR) is 76.7 cm³/mol. The number of nitrogens with one attached hydrogen (secondary N) is 1. The summed E-state index contributed by atoms with van der Waals surface area (Å²) in [6.07, 6.45) is 2.98. The zero-order chi connectivity index (χ0) is 14.3. The molecular formula is C15H23NO3. The average Bonchev–Trinajstić information content (AvgIpc) is 2.36. The molecule has 3 N–H and O–H groups in total. The number of aromatic carboxylic acids is 1. The third kappa shape index (κ3) is 4.91. The lowest BCUT2D eigenvalue weighted by atomic mass is 10.00. The molecule has 4 heteroatoms. The fourth-order valence-electron chi connectivity index (χ4n) is 2.22. The Morgan fingerprint density at radius 2 is 2.11 bits per heavy atom. The smallest absolute Gasteiger partial charge is 0.335 e. The van der Waals surface area contributed by atoms with Crippen LogP contribution in [-0.4, -0.2) is 29.3 Å². The van der Waals surface area contributed by atoms with Crippen molar-refractivity contribution >= 4 is 11.7 Å². The largest absolute Gasteiger partial charge is 0.478 e. The Kier molecular flexibility index (Phi) is 6.36. The zero-order valence-electron chi connectivity index (χ0n) is 11.6. The molecule has 0 bridgehead atoms. The van der Waals surface area contributed by atoms with Gasteiger partial charge in [0.2, 0.25) is 0 Å². The minimum absolute atomic E-state index is 0.212. The SMILES string of the molecule is CCCC(CCO)CNc1ccc(C(=O)O)c(C)c1. The molecule has 1 unspecified atom stereocenters. The molecule has 0 aromatic heterocycles. The van der Waals surface area contributed by atoms with Crippen molar-refractivity contribution < 1.29 is 15.0 Å². The van der Waals surface area contributed by atoms with Gasteiger partial charge in [-0.15, -0.1) is 0 Å². The van der Waals surface area contributed by atoms with Gasteiger partial charge in [0.25, 0.3) is 0 Å². The van der Waals surface area contributed by atoms with Crippen molar-refractivity contribution in [3.8, 4) is 0 Å². The molecule has 0 aliphatic rings. The first-order valence-corrected chi connectivity index (χ1v) is 6.77. The predicted octanol–water partition coefficient (Wildman–Crippen LogP) is 2.90. The fourth-order valence-corrected chi connectivity index (χ4v) is 2.22. The maximum Gasteiger partial charge on any atom is 0.335 e. The monoisotopic (exact) mass is 265 g/mol. The van der Waals surface area contributed by atoms with Crippen molar-refractivity contribution in [2.75, 3.05) is 18.5 Å². The summed E-state index contributed by atoms with van der Waals surface area (Å²) in [5.41, 5.74) is 2.03. The summed E-state index contributed by atoms with van der Waals surface area (Å²) >= 11 is 0. The Balaban J connectivity index is 2.62. The molecule has 19 heavy (non-hydrogen) atoms. The van der Waals surface area contributed by atoms with E-state index in [1.54, 1.807) is 19.1 Å². The molecule has 0 amide bonds. The molecule has 1 aromatic rings. The first kappa shape index (κ1) is 15.5. The van der Waals surface area contributed by atoms with Crippen molar-refractivity contribution in [3.63, 3.8) is 0 Å². The van der Waals surface area contributed by atoms with E-state index in [2.05, 4.69) is 12.2 Å². The highest BCUT2D eigenvalue weighted by molar-refractivity contribution is 5.89. The van der Waals surface area contributed by atoms with Crippen LogP contribution in [0, 0.1) is 12.8 Å². The van der Waals surface area contributed by atoms with Crippen LogP contribution in [0.5, 0.6) is 0 Å². The van der Waals surface area contributed by atoms with Crippen LogP contribution in [0.25, 0.3) is 0 Å². The van der Waals surface area contributed by atoms with Gasteiger partial charge in [0.1, 0.15) is 0 Å². The second-order valence-electron chi connectivity index (χ2n) is 4.88. The Morgan fingerprint density at radius 3 is 2.63 bits per heavy atom. The lowest BCUT2D eigenvalue weighted by molar-refractivity contribution is 0.0696. The molecule has 0 heterocycles. The van der Waals surface area contributed by atoms with Gasteiger partial charge in [-0.25, -0.2) is 4.79 Å². The Bertz CT molecular complexity index is 412. The second-order valence-corrected chi connectivity index (χ2v) is 4.88. The number of rotatable bonds is 8. The van der Waals surface area contributed by atoms with Crippen LogP contribution in [0.3, 0.4) is 0 Å². The van der Waals surface area contributed by atoms with Gasteiger partial charge in [0.05, 0.1) is 5.56 Å².